The predicted molar refractivity (Wildman–Crippen MR) is 132 cm³/mol. The number of nitrogens with zero attached hydrogens (tertiary/aromatic N) is 4. The Labute approximate surface area is 198 Å². The number of anilines is 1. The molecule has 1 aliphatic heterocycles. The number of aromatic nitrogens is 3. The van der Waals surface area contributed by atoms with Crippen molar-refractivity contribution >= 4 is 16.9 Å². The number of aliphatic hydroxyl groups excluding tert-OH is 1. The van der Waals surface area contributed by atoms with Crippen molar-refractivity contribution in [3.8, 4) is 28.4 Å². The van der Waals surface area contributed by atoms with Gasteiger partial charge in [0.05, 0.1) is 38.0 Å². The lowest BCUT2D eigenvalue weighted by Crippen LogP contribution is -2.37. The molecule has 0 spiro atoms. The second-order valence-corrected chi connectivity index (χ2v) is 8.13. The summed E-state index contributed by atoms with van der Waals surface area (Å²) in [6, 6.07) is 17.6. The van der Waals surface area contributed by atoms with Crippen molar-refractivity contribution in [3.05, 3.63) is 65.7 Å². The Morgan fingerprint density at radius 2 is 1.85 bits per heavy atom. The zero-order chi connectivity index (χ0) is 23.5. The highest BCUT2D eigenvalue weighted by atomic mass is 16.5. The van der Waals surface area contributed by atoms with Crippen LogP contribution >= 0.6 is 0 Å². The molecule has 0 bridgehead atoms. The van der Waals surface area contributed by atoms with Crippen LogP contribution in [0.25, 0.3) is 33.7 Å². The molecular weight excluding hydrogens is 430 g/mol. The van der Waals surface area contributed by atoms with Gasteiger partial charge in [-0.3, -0.25) is 0 Å². The highest BCUT2D eigenvalue weighted by molar-refractivity contribution is 5.90. The van der Waals surface area contributed by atoms with Gasteiger partial charge in [0.15, 0.2) is 11.5 Å². The van der Waals surface area contributed by atoms with E-state index >= 15 is 0 Å². The van der Waals surface area contributed by atoms with Gasteiger partial charge >= 0.3 is 0 Å². The topological polar surface area (TPSA) is 107 Å². The molecule has 1 aliphatic rings. The average molecular weight is 458 g/mol. The first-order chi connectivity index (χ1) is 16.7. The molecule has 5 rings (SSSR count). The van der Waals surface area contributed by atoms with E-state index in [1.165, 1.54) is 0 Å². The number of hydrogen-bond donors (Lipinski definition) is 2. The van der Waals surface area contributed by atoms with E-state index in [0.717, 1.165) is 46.7 Å². The highest BCUT2D eigenvalue weighted by Gasteiger charge is 2.19. The van der Waals surface area contributed by atoms with Crippen molar-refractivity contribution < 1.29 is 14.6 Å². The Kier molecular flexibility index (Phi) is 6.35. The summed E-state index contributed by atoms with van der Waals surface area (Å²) >= 11 is 0. The molecule has 2 aromatic carbocycles. The monoisotopic (exact) mass is 457 g/mol. The average Bonchev–Trinajstić information content (AvgIpc) is 2.92. The van der Waals surface area contributed by atoms with Gasteiger partial charge in [0.2, 0.25) is 0 Å². The molecule has 0 saturated carbocycles. The van der Waals surface area contributed by atoms with Gasteiger partial charge in [0.25, 0.3) is 0 Å². The maximum Gasteiger partial charge on any atom is 0.165 e. The van der Waals surface area contributed by atoms with Crippen LogP contribution in [0.2, 0.25) is 0 Å². The first kappa shape index (κ1) is 22.2. The van der Waals surface area contributed by atoms with Crippen LogP contribution in [-0.2, 0) is 17.9 Å². The van der Waals surface area contributed by atoms with E-state index in [1.807, 2.05) is 54.6 Å². The second-order valence-electron chi connectivity index (χ2n) is 8.13. The number of methoxy groups -OCH3 is 1. The van der Waals surface area contributed by atoms with E-state index < -0.39 is 0 Å². The largest absolute Gasteiger partial charge is 0.496 e. The van der Waals surface area contributed by atoms with Crippen LogP contribution in [0.5, 0.6) is 5.75 Å². The molecule has 0 unspecified atom stereocenters. The second kappa shape index (κ2) is 9.72. The van der Waals surface area contributed by atoms with Gasteiger partial charge in [-0.1, -0.05) is 18.2 Å². The molecule has 3 N–H and O–H groups in total. The minimum absolute atomic E-state index is 0.116. The lowest BCUT2D eigenvalue weighted by Gasteiger charge is -2.29. The van der Waals surface area contributed by atoms with E-state index in [1.54, 1.807) is 7.11 Å². The summed E-state index contributed by atoms with van der Waals surface area (Å²) in [5.41, 5.74) is 10.7. The van der Waals surface area contributed by atoms with Gasteiger partial charge in [0.1, 0.15) is 11.6 Å². The van der Waals surface area contributed by atoms with Crippen molar-refractivity contribution in [2.24, 2.45) is 5.73 Å². The van der Waals surface area contributed by atoms with Crippen LogP contribution in [0.4, 0.5) is 5.82 Å². The first-order valence-electron chi connectivity index (χ1n) is 11.3. The van der Waals surface area contributed by atoms with Crippen LogP contribution in [0.1, 0.15) is 11.1 Å². The van der Waals surface area contributed by atoms with Crippen molar-refractivity contribution in [1.29, 1.82) is 0 Å². The zero-order valence-electron chi connectivity index (χ0n) is 19.1. The van der Waals surface area contributed by atoms with E-state index in [9.17, 15) is 5.11 Å². The maximum absolute atomic E-state index is 9.73. The van der Waals surface area contributed by atoms with Crippen molar-refractivity contribution in [2.45, 2.75) is 13.2 Å². The Morgan fingerprint density at radius 3 is 2.62 bits per heavy atom. The third kappa shape index (κ3) is 4.31. The molecule has 3 heterocycles. The van der Waals surface area contributed by atoms with Crippen LogP contribution in [-0.4, -0.2) is 53.5 Å². The third-order valence-electron chi connectivity index (χ3n) is 6.02. The van der Waals surface area contributed by atoms with Gasteiger partial charge in [-0.15, -0.1) is 0 Å². The highest BCUT2D eigenvalue weighted by Crippen LogP contribution is 2.31. The molecule has 0 amide bonds. The molecule has 8 heteroatoms. The summed E-state index contributed by atoms with van der Waals surface area (Å²) in [6.45, 7) is 3.17. The molecule has 1 saturated heterocycles. The van der Waals surface area contributed by atoms with E-state index in [4.69, 9.17) is 30.2 Å². The summed E-state index contributed by atoms with van der Waals surface area (Å²) in [7, 11) is 1.59. The van der Waals surface area contributed by atoms with Crippen LogP contribution < -0.4 is 15.4 Å². The number of hydrogen-bond acceptors (Lipinski definition) is 8. The number of rotatable bonds is 6. The van der Waals surface area contributed by atoms with E-state index in [-0.39, 0.29) is 6.61 Å². The van der Waals surface area contributed by atoms with E-state index in [2.05, 4.69) is 4.90 Å². The fourth-order valence-electron chi connectivity index (χ4n) is 4.20. The van der Waals surface area contributed by atoms with Crippen LogP contribution in [0.15, 0.2) is 54.6 Å². The minimum atomic E-state index is -0.116. The summed E-state index contributed by atoms with van der Waals surface area (Å²) in [5.74, 6) is 2.11. The molecule has 0 radical (unpaired) electrons. The summed E-state index contributed by atoms with van der Waals surface area (Å²) in [6.07, 6.45) is 0. The number of benzene rings is 2. The number of nitrogens with two attached hydrogens (primary N) is 1. The lowest BCUT2D eigenvalue weighted by atomic mass is 10.1. The number of morpholine rings is 1. The Balaban J connectivity index is 1.66. The Bertz CT molecular complexity index is 1320. The number of aliphatic hydroxyl groups is 1. The van der Waals surface area contributed by atoms with Crippen molar-refractivity contribution in [2.75, 3.05) is 38.3 Å². The van der Waals surface area contributed by atoms with Gasteiger partial charge in [-0.05, 0) is 42.0 Å². The zero-order valence-corrected chi connectivity index (χ0v) is 19.1. The predicted octanol–water partition coefficient (Wildman–Crippen LogP) is 3.16. The normalized spacial score (nSPS) is 13.9. The molecule has 1 fully saturated rings. The standard InChI is InChI=1S/C26H27N5O3/c1-33-23-8-5-18(14-20(23)16-32)22-7-6-21-25(28-22)29-24(19-4-2-3-17(13-19)15-27)30-26(21)31-9-11-34-12-10-31/h2-8,13-14,32H,9-12,15-16,27H2,1H3. The number of pyridine rings is 1. The number of fused-ring (bicyclic) bond motifs is 1. The fraction of sp³-hybridized carbons (Fsp3) is 0.269. The molecule has 0 aliphatic carbocycles. The summed E-state index contributed by atoms with van der Waals surface area (Å²) in [4.78, 5) is 16.9. The first-order valence-corrected chi connectivity index (χ1v) is 11.3. The summed E-state index contributed by atoms with van der Waals surface area (Å²) in [5, 5.41) is 10.6. The molecule has 34 heavy (non-hydrogen) atoms. The van der Waals surface area contributed by atoms with Gasteiger partial charge in [0, 0.05) is 36.3 Å². The molecule has 2 aromatic heterocycles. The maximum atomic E-state index is 9.73. The molecule has 8 nitrogen and oxygen atoms in total. The van der Waals surface area contributed by atoms with Gasteiger partial charge in [-0.2, -0.15) is 0 Å². The molecular formula is C26H27N5O3. The molecule has 174 valence electrons. The summed E-state index contributed by atoms with van der Waals surface area (Å²) < 4.78 is 10.9. The third-order valence-corrected chi connectivity index (χ3v) is 6.02. The number of ether oxygens (including phenoxy) is 2. The van der Waals surface area contributed by atoms with Gasteiger partial charge < -0.3 is 25.2 Å². The Morgan fingerprint density at radius 1 is 1.00 bits per heavy atom. The molecule has 4 aromatic rings. The minimum Gasteiger partial charge on any atom is -0.496 e. The SMILES string of the molecule is COc1ccc(-c2ccc3c(N4CCOCC4)nc(-c4cccc(CN)c4)nc3n2)cc1CO. The van der Waals surface area contributed by atoms with Crippen LogP contribution in [0, 0.1) is 0 Å². The Hall–Kier alpha value is -3.59. The van der Waals surface area contributed by atoms with Crippen LogP contribution in [0.3, 0.4) is 0 Å². The van der Waals surface area contributed by atoms with Crippen molar-refractivity contribution in [3.63, 3.8) is 0 Å². The lowest BCUT2D eigenvalue weighted by molar-refractivity contribution is 0.122. The smallest absolute Gasteiger partial charge is 0.165 e. The van der Waals surface area contributed by atoms with Crippen molar-refractivity contribution in [1.82, 2.24) is 15.0 Å². The molecule has 0 atom stereocenters. The fourth-order valence-corrected chi connectivity index (χ4v) is 4.20. The van der Waals surface area contributed by atoms with Gasteiger partial charge in [-0.25, -0.2) is 15.0 Å². The quantitative estimate of drug-likeness (QED) is 0.455. The van der Waals surface area contributed by atoms with E-state index in [0.29, 0.717) is 42.5 Å².